The number of nitrogens with one attached hydrogen (secondary N) is 1. The van der Waals surface area contributed by atoms with E-state index in [0.717, 1.165) is 11.3 Å². The molecule has 58 valence electrons. The number of hydrogen-bond donors (Lipinski definition) is 1. The summed E-state index contributed by atoms with van der Waals surface area (Å²) in [5.41, 5.74) is 2.32. The summed E-state index contributed by atoms with van der Waals surface area (Å²) in [7, 11) is 0. The summed E-state index contributed by atoms with van der Waals surface area (Å²) < 4.78 is 0. The molecular weight excluding hydrogens is 170 g/mol. The molecule has 0 aromatic carbocycles. The van der Waals surface area contributed by atoms with Crippen molar-refractivity contribution in [2.75, 3.05) is 0 Å². The molecule has 3 nitrogen and oxygen atoms in total. The van der Waals surface area contributed by atoms with Crippen LogP contribution in [0.15, 0.2) is 23.0 Å². The molecule has 0 aliphatic heterocycles. The van der Waals surface area contributed by atoms with Crippen LogP contribution >= 0.6 is 11.3 Å². The SMILES string of the molecule is N#Cc1c[nH]nc1-c1ccsc1. The van der Waals surface area contributed by atoms with Crippen LogP contribution in [0.3, 0.4) is 0 Å². The topological polar surface area (TPSA) is 52.5 Å². The maximum atomic E-state index is 8.70. The van der Waals surface area contributed by atoms with E-state index in [0.29, 0.717) is 5.56 Å². The molecule has 0 atom stereocenters. The number of nitrogens with zero attached hydrogens (tertiary/aromatic N) is 2. The Kier molecular flexibility index (Phi) is 1.65. The first-order chi connectivity index (χ1) is 5.92. The highest BCUT2D eigenvalue weighted by atomic mass is 32.1. The summed E-state index contributed by atoms with van der Waals surface area (Å²) in [6.45, 7) is 0. The molecule has 0 fully saturated rings. The molecule has 0 unspecified atom stereocenters. The Morgan fingerprint density at radius 1 is 1.58 bits per heavy atom. The largest absolute Gasteiger partial charge is 0.284 e. The maximum Gasteiger partial charge on any atom is 0.111 e. The van der Waals surface area contributed by atoms with Crippen molar-refractivity contribution in [3.63, 3.8) is 0 Å². The van der Waals surface area contributed by atoms with E-state index in [1.54, 1.807) is 17.5 Å². The lowest BCUT2D eigenvalue weighted by atomic mass is 10.2. The van der Waals surface area contributed by atoms with Gasteiger partial charge in [0.25, 0.3) is 0 Å². The Morgan fingerprint density at radius 2 is 2.50 bits per heavy atom. The summed E-state index contributed by atoms with van der Waals surface area (Å²) in [4.78, 5) is 0. The van der Waals surface area contributed by atoms with Gasteiger partial charge in [0, 0.05) is 17.1 Å². The van der Waals surface area contributed by atoms with Gasteiger partial charge in [-0.1, -0.05) is 0 Å². The molecular formula is C8H5N3S. The molecule has 2 heterocycles. The van der Waals surface area contributed by atoms with Crippen molar-refractivity contribution in [2.45, 2.75) is 0 Å². The van der Waals surface area contributed by atoms with E-state index in [-0.39, 0.29) is 0 Å². The average Bonchev–Trinajstić information content (AvgIpc) is 2.74. The van der Waals surface area contributed by atoms with Gasteiger partial charge in [0.2, 0.25) is 0 Å². The third-order valence-corrected chi connectivity index (χ3v) is 2.24. The lowest BCUT2D eigenvalue weighted by Gasteiger charge is -1.87. The highest BCUT2D eigenvalue weighted by Gasteiger charge is 2.06. The predicted octanol–water partition coefficient (Wildman–Crippen LogP) is 2.01. The Hall–Kier alpha value is -1.60. The zero-order valence-corrected chi connectivity index (χ0v) is 6.93. The third-order valence-electron chi connectivity index (χ3n) is 1.56. The fourth-order valence-corrected chi connectivity index (χ4v) is 1.63. The second-order valence-corrected chi connectivity index (χ2v) is 3.05. The van der Waals surface area contributed by atoms with Crippen LogP contribution in [0.5, 0.6) is 0 Å². The second kappa shape index (κ2) is 2.80. The zero-order chi connectivity index (χ0) is 8.39. The van der Waals surface area contributed by atoms with E-state index in [4.69, 9.17) is 5.26 Å². The molecule has 2 rings (SSSR count). The van der Waals surface area contributed by atoms with Crippen molar-refractivity contribution < 1.29 is 0 Å². The molecule has 1 N–H and O–H groups in total. The lowest BCUT2D eigenvalue weighted by molar-refractivity contribution is 1.10. The monoisotopic (exact) mass is 175 g/mol. The molecule has 0 amide bonds. The van der Waals surface area contributed by atoms with E-state index in [1.807, 2.05) is 16.8 Å². The van der Waals surface area contributed by atoms with E-state index in [2.05, 4.69) is 16.3 Å². The summed E-state index contributed by atoms with van der Waals surface area (Å²) in [5, 5.41) is 19.3. The molecule has 0 bridgehead atoms. The van der Waals surface area contributed by atoms with Gasteiger partial charge < -0.3 is 0 Å². The molecule has 4 heteroatoms. The van der Waals surface area contributed by atoms with Gasteiger partial charge >= 0.3 is 0 Å². The number of nitriles is 1. The Morgan fingerprint density at radius 3 is 3.17 bits per heavy atom. The van der Waals surface area contributed by atoms with Crippen LogP contribution in [0.25, 0.3) is 11.3 Å². The molecule has 2 aromatic heterocycles. The number of hydrogen-bond acceptors (Lipinski definition) is 3. The van der Waals surface area contributed by atoms with E-state index in [9.17, 15) is 0 Å². The first kappa shape index (κ1) is 7.07. The second-order valence-electron chi connectivity index (χ2n) is 2.27. The van der Waals surface area contributed by atoms with Gasteiger partial charge in [-0.3, -0.25) is 5.10 Å². The first-order valence-electron chi connectivity index (χ1n) is 3.38. The van der Waals surface area contributed by atoms with Crippen molar-refractivity contribution in [1.82, 2.24) is 10.2 Å². The van der Waals surface area contributed by atoms with E-state index < -0.39 is 0 Å². The lowest BCUT2D eigenvalue weighted by Crippen LogP contribution is -1.76. The van der Waals surface area contributed by atoms with Crippen LogP contribution in [0.4, 0.5) is 0 Å². The summed E-state index contributed by atoms with van der Waals surface area (Å²) >= 11 is 1.59. The van der Waals surface area contributed by atoms with Crippen LogP contribution < -0.4 is 0 Å². The fraction of sp³-hybridized carbons (Fsp3) is 0. The molecule has 2 aromatic rings. The van der Waals surface area contributed by atoms with Gasteiger partial charge in [-0.2, -0.15) is 21.7 Å². The van der Waals surface area contributed by atoms with E-state index >= 15 is 0 Å². The van der Waals surface area contributed by atoms with Crippen LogP contribution in [0.2, 0.25) is 0 Å². The van der Waals surface area contributed by atoms with Crippen LogP contribution in [0.1, 0.15) is 5.56 Å². The van der Waals surface area contributed by atoms with Crippen LogP contribution in [-0.2, 0) is 0 Å². The van der Waals surface area contributed by atoms with Crippen molar-refractivity contribution in [3.05, 3.63) is 28.6 Å². The molecule has 0 radical (unpaired) electrons. The number of thiophene rings is 1. The zero-order valence-electron chi connectivity index (χ0n) is 6.11. The number of H-pyrrole nitrogens is 1. The third kappa shape index (κ3) is 1.00. The minimum absolute atomic E-state index is 0.591. The first-order valence-corrected chi connectivity index (χ1v) is 4.32. The van der Waals surface area contributed by atoms with Gasteiger partial charge in [0.1, 0.15) is 11.8 Å². The molecule has 0 aliphatic carbocycles. The van der Waals surface area contributed by atoms with Gasteiger partial charge in [-0.05, 0) is 11.4 Å². The van der Waals surface area contributed by atoms with Gasteiger partial charge in [-0.15, -0.1) is 0 Å². The highest BCUT2D eigenvalue weighted by Crippen LogP contribution is 2.22. The molecule has 0 aliphatic rings. The van der Waals surface area contributed by atoms with Crippen molar-refractivity contribution in [3.8, 4) is 17.3 Å². The van der Waals surface area contributed by atoms with E-state index in [1.165, 1.54) is 0 Å². The normalized spacial score (nSPS) is 9.58. The summed E-state index contributed by atoms with van der Waals surface area (Å²) in [5.74, 6) is 0. The highest BCUT2D eigenvalue weighted by molar-refractivity contribution is 7.08. The molecule has 0 saturated heterocycles. The van der Waals surface area contributed by atoms with Gasteiger partial charge in [0.05, 0.1) is 5.56 Å². The minimum atomic E-state index is 0.591. The van der Waals surface area contributed by atoms with Gasteiger partial charge in [0.15, 0.2) is 0 Å². The molecule has 0 spiro atoms. The Balaban J connectivity index is 2.55. The number of aromatic nitrogens is 2. The molecule has 12 heavy (non-hydrogen) atoms. The predicted molar refractivity (Wildman–Crippen MR) is 46.6 cm³/mol. The summed E-state index contributed by atoms with van der Waals surface area (Å²) in [6.07, 6.45) is 1.60. The minimum Gasteiger partial charge on any atom is -0.284 e. The smallest absolute Gasteiger partial charge is 0.111 e. The van der Waals surface area contributed by atoms with Crippen molar-refractivity contribution in [2.24, 2.45) is 0 Å². The van der Waals surface area contributed by atoms with Crippen LogP contribution in [-0.4, -0.2) is 10.2 Å². The average molecular weight is 175 g/mol. The Labute approximate surface area is 73.3 Å². The van der Waals surface area contributed by atoms with Crippen LogP contribution in [0, 0.1) is 11.3 Å². The number of aromatic amines is 1. The quantitative estimate of drug-likeness (QED) is 0.720. The van der Waals surface area contributed by atoms with Crippen molar-refractivity contribution in [1.29, 1.82) is 5.26 Å². The summed E-state index contributed by atoms with van der Waals surface area (Å²) in [6, 6.07) is 4.02. The molecule has 0 saturated carbocycles. The Bertz CT molecular complexity index is 408. The maximum absolute atomic E-state index is 8.70. The standard InChI is InChI=1S/C8H5N3S/c9-3-7-4-10-11-8(7)6-1-2-12-5-6/h1-2,4-5H,(H,10,11). The fourth-order valence-electron chi connectivity index (χ4n) is 0.994. The van der Waals surface area contributed by atoms with Gasteiger partial charge in [-0.25, -0.2) is 0 Å². The van der Waals surface area contributed by atoms with Crippen molar-refractivity contribution >= 4 is 11.3 Å². The number of rotatable bonds is 1.